The number of ether oxygens (including phenoxy) is 1. The number of carbonyl (C=O) groups excluding carboxylic acids is 2. The number of esters is 1. The SMILES string of the molecule is CCCCC/C=C\C/C=C\C/C=C\C/C=C\CCCCCCCCCCCC(=O)OC(/C=C\CCCCCCCCCCCCC)C(COP(=O)([O-])OCC[N+](C)(C)C)NC(=O)CCCCCCCCCCC/C=C/CCCCCCCC. The highest BCUT2D eigenvalue weighted by atomic mass is 31.2. The zero-order valence-corrected chi connectivity index (χ0v) is 56.3. The van der Waals surface area contributed by atoms with Crippen LogP contribution in [0.5, 0.6) is 0 Å². The van der Waals surface area contributed by atoms with Gasteiger partial charge in [-0.15, -0.1) is 0 Å². The lowest BCUT2D eigenvalue weighted by molar-refractivity contribution is -0.870. The molecule has 0 heterocycles. The van der Waals surface area contributed by atoms with Crippen LogP contribution in [-0.2, 0) is 27.9 Å². The highest BCUT2D eigenvalue weighted by molar-refractivity contribution is 7.45. The topological polar surface area (TPSA) is 114 Å². The Morgan fingerprint density at radius 1 is 0.422 bits per heavy atom. The van der Waals surface area contributed by atoms with Crippen LogP contribution in [0.2, 0.25) is 0 Å². The Labute approximate surface area is 514 Å². The molecule has 0 spiro atoms. The molecule has 83 heavy (non-hydrogen) atoms. The summed E-state index contributed by atoms with van der Waals surface area (Å²) in [5, 5.41) is 3.04. The van der Waals surface area contributed by atoms with Gasteiger partial charge in [-0.05, 0) is 102 Å². The Hall–Kier alpha value is -2.55. The van der Waals surface area contributed by atoms with Gasteiger partial charge in [0.05, 0.1) is 33.8 Å². The standard InChI is InChI=1S/C73H135N2O7P/c1-7-10-13-16-19-22-25-28-30-32-34-35-36-37-38-39-41-43-45-48-51-54-57-60-63-66-73(77)82-71(64-61-58-55-52-49-46-27-24-21-18-15-12-9-3)70(69-81-83(78,79)80-68-67-75(4,5)6)74-72(76)65-62-59-56-53-50-47-44-42-40-33-31-29-26-23-20-17-14-11-8-2/h19,22,28-31,34-35,37-38,61,64,70-71H,7-18,20-21,23-27,32-33,36,39-60,62-63,65-69H2,1-6H3,(H-,74,76,78,79)/b22-19-,30-28-,31-29+,35-34-,38-37-,64-61-. The third-order valence-electron chi connectivity index (χ3n) is 15.6. The maximum atomic E-state index is 13.6. The van der Waals surface area contributed by atoms with Gasteiger partial charge >= 0.3 is 5.97 Å². The number of quaternary nitrogens is 1. The van der Waals surface area contributed by atoms with Gasteiger partial charge in [-0.2, -0.15) is 0 Å². The van der Waals surface area contributed by atoms with Crippen molar-refractivity contribution < 1.29 is 37.3 Å². The van der Waals surface area contributed by atoms with Crippen molar-refractivity contribution in [2.24, 2.45) is 0 Å². The van der Waals surface area contributed by atoms with E-state index in [1.54, 1.807) is 0 Å². The van der Waals surface area contributed by atoms with Gasteiger partial charge < -0.3 is 28.5 Å². The third-order valence-corrected chi connectivity index (χ3v) is 16.6. The van der Waals surface area contributed by atoms with Crippen molar-refractivity contribution in [3.8, 4) is 0 Å². The first-order valence-electron chi connectivity index (χ1n) is 35.2. The van der Waals surface area contributed by atoms with Gasteiger partial charge in [0.15, 0.2) is 0 Å². The number of allylic oxidation sites excluding steroid dienone is 11. The summed E-state index contributed by atoms with van der Waals surface area (Å²) in [4.78, 5) is 40.2. The van der Waals surface area contributed by atoms with E-state index in [0.717, 1.165) is 89.9 Å². The number of hydrogen-bond donors (Lipinski definition) is 1. The summed E-state index contributed by atoms with van der Waals surface area (Å²) in [5.74, 6) is -0.541. The molecule has 9 nitrogen and oxygen atoms in total. The van der Waals surface area contributed by atoms with Gasteiger partial charge in [0, 0.05) is 12.8 Å². The molecule has 1 amide bonds. The third kappa shape index (κ3) is 63.8. The van der Waals surface area contributed by atoms with Crippen molar-refractivity contribution >= 4 is 19.7 Å². The van der Waals surface area contributed by atoms with Crippen molar-refractivity contribution in [2.75, 3.05) is 40.9 Å². The molecule has 10 heteroatoms. The number of hydrogen-bond acceptors (Lipinski definition) is 7. The summed E-state index contributed by atoms with van der Waals surface area (Å²) in [5.41, 5.74) is 0. The Morgan fingerprint density at radius 3 is 1.13 bits per heavy atom. The Kier molecular flexibility index (Phi) is 60.6. The lowest BCUT2D eigenvalue weighted by Crippen LogP contribution is -2.47. The average molecular weight is 1180 g/mol. The zero-order valence-electron chi connectivity index (χ0n) is 55.4. The van der Waals surface area contributed by atoms with E-state index >= 15 is 0 Å². The number of rotatable bonds is 64. The minimum atomic E-state index is -4.71. The van der Waals surface area contributed by atoms with Gasteiger partial charge in [0.25, 0.3) is 7.82 Å². The van der Waals surface area contributed by atoms with Crippen LogP contribution in [-0.4, -0.2) is 69.4 Å². The normalized spacial score (nSPS) is 14.0. The molecule has 0 aliphatic rings. The highest BCUT2D eigenvalue weighted by Gasteiger charge is 2.27. The molecule has 484 valence electrons. The second kappa shape index (κ2) is 62.5. The van der Waals surface area contributed by atoms with Gasteiger partial charge in [0.1, 0.15) is 19.3 Å². The summed E-state index contributed by atoms with van der Waals surface area (Å²) in [7, 11) is 1.18. The maximum absolute atomic E-state index is 13.6. The van der Waals surface area contributed by atoms with Crippen LogP contribution >= 0.6 is 7.82 Å². The van der Waals surface area contributed by atoms with Gasteiger partial charge in [-0.1, -0.05) is 287 Å². The first-order chi connectivity index (χ1) is 40.4. The molecular weight excluding hydrogens is 1050 g/mol. The van der Waals surface area contributed by atoms with Gasteiger partial charge in [-0.3, -0.25) is 14.2 Å². The number of phosphoric acid groups is 1. The molecule has 1 N–H and O–H groups in total. The fraction of sp³-hybridized carbons (Fsp3) is 0.808. The first kappa shape index (κ1) is 80.5. The fourth-order valence-corrected chi connectivity index (χ4v) is 10.9. The molecule has 0 radical (unpaired) electrons. The Balaban J connectivity index is 5.14. The van der Waals surface area contributed by atoms with Gasteiger partial charge in [0.2, 0.25) is 5.91 Å². The van der Waals surface area contributed by atoms with Crippen LogP contribution in [0.25, 0.3) is 0 Å². The van der Waals surface area contributed by atoms with Crippen LogP contribution in [0.4, 0.5) is 0 Å². The molecule has 0 aromatic rings. The van der Waals surface area contributed by atoms with E-state index in [9.17, 15) is 19.0 Å². The number of amides is 1. The summed E-state index contributed by atoms with van der Waals surface area (Å²) in [6.07, 6.45) is 81.5. The molecule has 3 unspecified atom stereocenters. The smallest absolute Gasteiger partial charge is 0.306 e. The molecule has 0 rings (SSSR count). The van der Waals surface area contributed by atoms with Crippen molar-refractivity contribution in [1.82, 2.24) is 5.32 Å². The van der Waals surface area contributed by atoms with Crippen LogP contribution < -0.4 is 10.2 Å². The number of nitrogens with one attached hydrogen (secondary N) is 1. The number of carbonyl (C=O) groups is 2. The van der Waals surface area contributed by atoms with Crippen molar-refractivity contribution in [3.63, 3.8) is 0 Å². The maximum Gasteiger partial charge on any atom is 0.306 e. The average Bonchev–Trinajstić information content (AvgIpc) is 3.46. The number of phosphoric ester groups is 1. The van der Waals surface area contributed by atoms with E-state index < -0.39 is 26.6 Å². The number of unbranched alkanes of at least 4 members (excludes halogenated alkanes) is 38. The van der Waals surface area contributed by atoms with E-state index in [0.29, 0.717) is 17.4 Å². The van der Waals surface area contributed by atoms with E-state index in [4.69, 9.17) is 13.8 Å². The Morgan fingerprint density at radius 2 is 0.735 bits per heavy atom. The molecule has 0 bridgehead atoms. The lowest BCUT2D eigenvalue weighted by Gasteiger charge is -2.30. The van der Waals surface area contributed by atoms with Crippen LogP contribution in [0, 0.1) is 0 Å². The monoisotopic (exact) mass is 1180 g/mol. The van der Waals surface area contributed by atoms with E-state index in [1.165, 1.54) is 205 Å². The molecule has 0 saturated heterocycles. The summed E-state index contributed by atoms with van der Waals surface area (Å²) < 4.78 is 30.4. The van der Waals surface area contributed by atoms with Crippen LogP contribution in [0.15, 0.2) is 72.9 Å². The summed E-state index contributed by atoms with van der Waals surface area (Å²) >= 11 is 0. The molecule has 0 aromatic carbocycles. The largest absolute Gasteiger partial charge is 0.756 e. The first-order valence-corrected chi connectivity index (χ1v) is 36.7. The molecular formula is C73H135N2O7P. The summed E-state index contributed by atoms with van der Waals surface area (Å²) in [6, 6.07) is -0.895. The fourth-order valence-electron chi connectivity index (χ4n) is 10.1. The van der Waals surface area contributed by atoms with E-state index in [-0.39, 0.29) is 24.9 Å². The Bertz CT molecular complexity index is 1650. The molecule has 0 saturated carbocycles. The van der Waals surface area contributed by atoms with Crippen LogP contribution in [0.1, 0.15) is 329 Å². The summed E-state index contributed by atoms with van der Waals surface area (Å²) in [6.45, 7) is 6.84. The van der Waals surface area contributed by atoms with Crippen molar-refractivity contribution in [2.45, 2.75) is 341 Å². The quantitative estimate of drug-likeness (QED) is 0.0212. The van der Waals surface area contributed by atoms with Crippen LogP contribution in [0.3, 0.4) is 0 Å². The lowest BCUT2D eigenvalue weighted by atomic mass is 10.0. The molecule has 3 atom stereocenters. The van der Waals surface area contributed by atoms with Gasteiger partial charge in [-0.25, -0.2) is 0 Å². The second-order valence-electron chi connectivity index (χ2n) is 25.0. The minimum absolute atomic E-state index is 0.0249. The predicted octanol–water partition coefficient (Wildman–Crippen LogP) is 21.7. The number of nitrogens with zero attached hydrogens (tertiary/aromatic N) is 1. The minimum Gasteiger partial charge on any atom is -0.756 e. The second-order valence-corrected chi connectivity index (χ2v) is 26.4. The van der Waals surface area contributed by atoms with E-state index in [1.807, 2.05) is 33.3 Å². The van der Waals surface area contributed by atoms with E-state index in [2.05, 4.69) is 86.8 Å². The molecule has 0 aliphatic carbocycles. The number of likely N-dealkylation sites (N-methyl/N-ethyl adjacent to an activating group) is 1. The molecule has 0 aromatic heterocycles. The molecule has 0 aliphatic heterocycles. The molecule has 0 fully saturated rings. The predicted molar refractivity (Wildman–Crippen MR) is 358 cm³/mol. The van der Waals surface area contributed by atoms with Crippen molar-refractivity contribution in [3.05, 3.63) is 72.9 Å². The van der Waals surface area contributed by atoms with Crippen molar-refractivity contribution in [1.29, 1.82) is 0 Å². The highest BCUT2D eigenvalue weighted by Crippen LogP contribution is 2.38. The zero-order chi connectivity index (χ0) is 60.7.